The summed E-state index contributed by atoms with van der Waals surface area (Å²) in [6, 6.07) is 18.0. The number of Topliss-reactive ketones (excluding diaryl/α,β-unsaturated/α-hetero) is 2. The quantitative estimate of drug-likeness (QED) is 0.0839. The third kappa shape index (κ3) is 9.80. The molecule has 3 saturated carbocycles. The number of hydrogen-bond acceptors (Lipinski definition) is 11. The zero-order valence-corrected chi connectivity index (χ0v) is 39.1. The van der Waals surface area contributed by atoms with Crippen molar-refractivity contribution in [3.63, 3.8) is 0 Å². The molecule has 3 aromatic rings. The topological polar surface area (TPSA) is 195 Å². The molecule has 11 heteroatoms. The van der Waals surface area contributed by atoms with Gasteiger partial charge in [-0.3, -0.25) is 9.59 Å². The number of carbonyl (C=O) groups is 2. The Bertz CT molecular complexity index is 2430. The minimum atomic E-state index is -1.28. The van der Waals surface area contributed by atoms with Gasteiger partial charge in [-0.2, -0.15) is 0 Å². The number of aliphatic hydroxyl groups excluding tert-OH is 4. The molecule has 2 aliphatic heterocycles. The fraction of sp³-hybridized carbons (Fsp3) is 0.571. The van der Waals surface area contributed by atoms with Gasteiger partial charge in [0.1, 0.15) is 11.2 Å². The number of phenolic OH excluding ortho intramolecular Hbond substituents is 1. The van der Waals surface area contributed by atoms with Crippen LogP contribution in [0, 0.1) is 46.3 Å². The lowest BCUT2D eigenvalue weighted by Gasteiger charge is -2.51. The number of benzene rings is 3. The molecule has 1 spiro atoms. The van der Waals surface area contributed by atoms with E-state index in [-0.39, 0.29) is 72.4 Å². The average Bonchev–Trinajstić information content (AvgIpc) is 3.82. The van der Waals surface area contributed by atoms with Crippen molar-refractivity contribution >= 4 is 22.3 Å². The van der Waals surface area contributed by atoms with Crippen LogP contribution >= 0.6 is 0 Å². The second kappa shape index (κ2) is 20.1. The second-order valence-electron chi connectivity index (χ2n) is 21.1. The molecule has 11 nitrogen and oxygen atoms in total. The van der Waals surface area contributed by atoms with Crippen molar-refractivity contribution in [3.05, 3.63) is 94.8 Å². The second-order valence-corrected chi connectivity index (χ2v) is 21.1. The van der Waals surface area contributed by atoms with E-state index in [0.717, 1.165) is 66.1 Å². The number of dihydropyridines is 1. The molecule has 1 saturated heterocycles. The van der Waals surface area contributed by atoms with Gasteiger partial charge in [-0.1, -0.05) is 73.2 Å². The number of ether oxygens (including phenoxy) is 1. The van der Waals surface area contributed by atoms with Crippen LogP contribution in [-0.2, 0) is 16.0 Å². The van der Waals surface area contributed by atoms with Crippen LogP contribution in [0.3, 0.4) is 0 Å². The van der Waals surface area contributed by atoms with Crippen molar-refractivity contribution in [1.29, 1.82) is 0 Å². The minimum absolute atomic E-state index is 0.0338. The first-order chi connectivity index (χ1) is 32.4. The maximum absolute atomic E-state index is 14.6. The number of fused-ring (bicyclic) bond motifs is 3. The van der Waals surface area contributed by atoms with Gasteiger partial charge >= 0.3 is 0 Å². The van der Waals surface area contributed by atoms with Crippen LogP contribution < -0.4 is 21.1 Å². The van der Waals surface area contributed by atoms with Crippen LogP contribution in [-0.4, -0.2) is 88.3 Å². The van der Waals surface area contributed by atoms with Gasteiger partial charge in [0.25, 0.3) is 0 Å². The Morgan fingerprint density at radius 3 is 2.54 bits per heavy atom. The number of methoxy groups -OCH3 is 1. The highest BCUT2D eigenvalue weighted by molar-refractivity contribution is 5.89. The van der Waals surface area contributed by atoms with Gasteiger partial charge in [0.15, 0.2) is 17.3 Å². The molecule has 11 atom stereocenters. The van der Waals surface area contributed by atoms with Gasteiger partial charge in [0.2, 0.25) is 0 Å². The maximum atomic E-state index is 14.6. The molecule has 4 fully saturated rings. The molecular weight excluding hydrogens is 843 g/mol. The summed E-state index contributed by atoms with van der Waals surface area (Å²) in [5, 5.41) is 66.4. The summed E-state index contributed by atoms with van der Waals surface area (Å²) in [5.41, 5.74) is 8.48. The fourth-order valence-electron chi connectivity index (χ4n) is 13.7. The van der Waals surface area contributed by atoms with E-state index in [1.165, 1.54) is 20.0 Å². The largest absolute Gasteiger partial charge is 0.504 e. The summed E-state index contributed by atoms with van der Waals surface area (Å²) in [6.07, 6.45) is 11.5. The molecular formula is C56H71N3O8. The number of aryl methyl sites for hydroxylation is 1. The lowest BCUT2D eigenvalue weighted by molar-refractivity contribution is -0.135. The molecule has 3 aromatic carbocycles. The fourth-order valence-corrected chi connectivity index (χ4v) is 13.7. The van der Waals surface area contributed by atoms with Gasteiger partial charge in [-0.15, -0.1) is 0 Å². The highest BCUT2D eigenvalue weighted by Gasteiger charge is 2.52. The number of nitrogens with one attached hydrogen (secondary N) is 2. The molecule has 9 rings (SSSR count). The van der Waals surface area contributed by atoms with E-state index in [0.29, 0.717) is 74.1 Å². The highest BCUT2D eigenvalue weighted by Crippen LogP contribution is 2.56. The third-order valence-electron chi connectivity index (χ3n) is 17.3. The third-order valence-corrected chi connectivity index (χ3v) is 17.3. The van der Waals surface area contributed by atoms with Crippen molar-refractivity contribution < 1.29 is 39.9 Å². The predicted octanol–water partition coefficient (Wildman–Crippen LogP) is 6.83. The standard InChI is InChI=1S/C56H71N3O8/c1-67-51-26-38-10-11-52(65)56(18-12-34(22-53(56)66)32-55(16-4-5-17-55)42-28-46-41(15-21-60)24-43(61)29-47(46)59-33-42)19-13-39(45(38)31-50(51)64)25-48(62)49(63)30-44(40-14-20-58-54(57)27-40)37-9-8-35-6-2-3-7-36(35)23-37/h2-3,6-9,14,23,26-27,31,34,39,41-42,44,46-49,53,58-60,62-64,66H,4-5,10-12,15-18,20-22,24-25,28-30,32-33,57H2,1H3/t34-,39+,41-,42-,44+,46+,47-,48+,49-,53-,56+/m1/s1. The van der Waals surface area contributed by atoms with E-state index < -0.39 is 29.6 Å². The molecule has 0 amide bonds. The number of nitrogens with two attached hydrogens (primary N) is 1. The number of rotatable bonds is 13. The molecule has 9 N–H and O–H groups in total. The molecule has 0 unspecified atom stereocenters. The Balaban J connectivity index is 0.961. The lowest BCUT2D eigenvalue weighted by atomic mass is 9.57. The number of allylic oxidation sites excluding steroid dienone is 2. The number of carbonyl (C=O) groups excluding carboxylic acids is 2. The van der Waals surface area contributed by atoms with Crippen molar-refractivity contribution in [2.75, 3.05) is 26.8 Å². The van der Waals surface area contributed by atoms with E-state index in [2.05, 4.69) is 58.9 Å². The molecule has 2 heterocycles. The zero-order valence-electron chi connectivity index (χ0n) is 39.1. The van der Waals surface area contributed by atoms with E-state index >= 15 is 0 Å². The smallest absolute Gasteiger partial charge is 0.160 e. The SMILES string of the molecule is COc1cc2c(cc1O)[C@H](C[C@H](O)[C@H](O)C[C@H](C1=CCNC(N)=C1)c1ccc3ccccc3c1)C#C[C@@]1(CC[C@@H](CC3([C@H]4CN[C@@H]5CC(=O)C[C@@H](CCO)[C@@H]5C4)CCCC3)C[C@H]1O)C(=O)CC2. The van der Waals surface area contributed by atoms with Crippen LogP contribution in [0.4, 0.5) is 0 Å². The monoisotopic (exact) mass is 914 g/mol. The van der Waals surface area contributed by atoms with E-state index in [1.807, 2.05) is 18.2 Å². The Morgan fingerprint density at radius 2 is 1.78 bits per heavy atom. The first-order valence-electron chi connectivity index (χ1n) is 25.1. The molecule has 4 aliphatic carbocycles. The summed E-state index contributed by atoms with van der Waals surface area (Å²) in [7, 11) is 1.49. The number of aliphatic hydroxyl groups is 4. The van der Waals surface area contributed by atoms with Gasteiger partial charge in [-0.05, 0) is 158 Å². The Morgan fingerprint density at radius 1 is 0.970 bits per heavy atom. The Labute approximate surface area is 395 Å². The van der Waals surface area contributed by atoms with Crippen molar-refractivity contribution in [2.24, 2.45) is 40.2 Å². The summed E-state index contributed by atoms with van der Waals surface area (Å²) in [4.78, 5) is 27.2. The highest BCUT2D eigenvalue weighted by atomic mass is 16.5. The summed E-state index contributed by atoms with van der Waals surface area (Å²) in [6.45, 7) is 1.53. The number of hydrogen-bond donors (Lipinski definition) is 8. The van der Waals surface area contributed by atoms with E-state index in [4.69, 9.17) is 10.5 Å². The summed E-state index contributed by atoms with van der Waals surface area (Å²) >= 11 is 0. The molecule has 358 valence electrons. The molecule has 0 bridgehead atoms. The summed E-state index contributed by atoms with van der Waals surface area (Å²) < 4.78 is 5.51. The Hall–Kier alpha value is -4.70. The minimum Gasteiger partial charge on any atom is -0.504 e. The van der Waals surface area contributed by atoms with Crippen LogP contribution in [0.25, 0.3) is 10.8 Å². The first-order valence-corrected chi connectivity index (χ1v) is 25.1. The zero-order chi connectivity index (χ0) is 46.9. The van der Waals surface area contributed by atoms with Crippen LogP contribution in [0.5, 0.6) is 11.5 Å². The number of piperidine rings is 1. The van der Waals surface area contributed by atoms with Crippen LogP contribution in [0.2, 0.25) is 0 Å². The van der Waals surface area contributed by atoms with Crippen molar-refractivity contribution in [2.45, 2.75) is 139 Å². The van der Waals surface area contributed by atoms with Crippen LogP contribution in [0.15, 0.2) is 78.1 Å². The van der Waals surface area contributed by atoms with Gasteiger partial charge < -0.3 is 46.6 Å². The predicted molar refractivity (Wildman–Crippen MR) is 259 cm³/mol. The van der Waals surface area contributed by atoms with E-state index in [9.17, 15) is 35.1 Å². The van der Waals surface area contributed by atoms with Gasteiger partial charge in [0.05, 0.1) is 31.2 Å². The van der Waals surface area contributed by atoms with Gasteiger partial charge in [-0.25, -0.2) is 0 Å². The summed E-state index contributed by atoms with van der Waals surface area (Å²) in [5.74, 6) is 8.05. The van der Waals surface area contributed by atoms with Crippen molar-refractivity contribution in [1.82, 2.24) is 10.6 Å². The van der Waals surface area contributed by atoms with Crippen molar-refractivity contribution in [3.8, 4) is 23.3 Å². The number of ketones is 2. The molecule has 6 aliphatic rings. The maximum Gasteiger partial charge on any atom is 0.160 e. The average molecular weight is 914 g/mol. The van der Waals surface area contributed by atoms with Gasteiger partial charge in [0, 0.05) is 50.3 Å². The van der Waals surface area contributed by atoms with E-state index in [1.54, 1.807) is 12.1 Å². The number of aromatic hydroxyl groups is 1. The normalized spacial score (nSPS) is 30.8. The van der Waals surface area contributed by atoms with Crippen LogP contribution in [0.1, 0.15) is 125 Å². The molecule has 0 radical (unpaired) electrons. The molecule has 0 aromatic heterocycles. The lowest BCUT2D eigenvalue weighted by Crippen LogP contribution is -2.55. The molecule has 67 heavy (non-hydrogen) atoms. The number of phenols is 1. The Kier molecular flexibility index (Phi) is 14.2. The first kappa shape index (κ1) is 47.4.